The van der Waals surface area contributed by atoms with Crippen LogP contribution in [0.1, 0.15) is 59.8 Å². The zero-order chi connectivity index (χ0) is 13.9. The van der Waals surface area contributed by atoms with Crippen LogP contribution in [0.4, 0.5) is 0 Å². The van der Waals surface area contributed by atoms with Crippen molar-refractivity contribution in [1.82, 2.24) is 0 Å². The average molecular weight is 260 g/mol. The second-order valence-corrected chi connectivity index (χ2v) is 9.08. The number of ketones is 1. The summed E-state index contributed by atoms with van der Waals surface area (Å²) in [7, 11) is 0. The van der Waals surface area contributed by atoms with Gasteiger partial charge in [0.15, 0.2) is 5.78 Å². The molecule has 4 saturated carbocycles. The fraction of sp³-hybridized carbons (Fsp3) is 0.824. The number of carbonyl (C=O) groups is 1. The molecule has 4 aliphatic carbocycles. The van der Waals surface area contributed by atoms with Crippen molar-refractivity contribution in [2.45, 2.75) is 59.8 Å². The van der Waals surface area contributed by atoms with E-state index in [9.17, 15) is 9.90 Å². The zero-order valence-corrected chi connectivity index (χ0v) is 12.5. The highest BCUT2D eigenvalue weighted by Gasteiger charge is 2.82. The van der Waals surface area contributed by atoms with Gasteiger partial charge in [0.25, 0.3) is 0 Å². The first-order chi connectivity index (χ1) is 8.64. The molecule has 1 N–H and O–H groups in total. The minimum Gasteiger partial charge on any atom is -0.515 e. The molecular weight excluding hydrogens is 236 g/mol. The lowest BCUT2D eigenvalue weighted by atomic mass is 9.40. The fourth-order valence-electron chi connectivity index (χ4n) is 7.54. The Balaban J connectivity index is 2.00. The van der Waals surface area contributed by atoms with Gasteiger partial charge in [0, 0.05) is 16.4 Å². The second kappa shape index (κ2) is 2.66. The van der Waals surface area contributed by atoms with E-state index in [1.165, 1.54) is 6.42 Å². The van der Waals surface area contributed by atoms with Crippen LogP contribution in [-0.2, 0) is 4.79 Å². The average Bonchev–Trinajstić information content (AvgIpc) is 2.53. The van der Waals surface area contributed by atoms with Crippen LogP contribution in [0.25, 0.3) is 0 Å². The Kier molecular flexibility index (Phi) is 1.68. The van der Waals surface area contributed by atoms with Crippen LogP contribution in [0.2, 0.25) is 0 Å². The number of hydrogen-bond acceptors (Lipinski definition) is 2. The minimum absolute atomic E-state index is 0.101. The van der Waals surface area contributed by atoms with E-state index in [1.54, 1.807) is 0 Å². The van der Waals surface area contributed by atoms with Gasteiger partial charge in [-0.25, -0.2) is 0 Å². The molecule has 2 heteroatoms. The van der Waals surface area contributed by atoms with Crippen molar-refractivity contribution in [2.24, 2.45) is 27.1 Å². The molecule has 0 radical (unpaired) electrons. The van der Waals surface area contributed by atoms with Crippen LogP contribution in [0.3, 0.4) is 0 Å². The van der Waals surface area contributed by atoms with Gasteiger partial charge >= 0.3 is 0 Å². The molecule has 1 spiro atoms. The minimum atomic E-state index is -0.237. The van der Waals surface area contributed by atoms with Crippen molar-refractivity contribution < 1.29 is 9.90 Å². The third-order valence-corrected chi connectivity index (χ3v) is 7.61. The van der Waals surface area contributed by atoms with E-state index in [4.69, 9.17) is 0 Å². The first-order valence-corrected chi connectivity index (χ1v) is 7.54. The van der Waals surface area contributed by atoms with Gasteiger partial charge < -0.3 is 5.11 Å². The Morgan fingerprint density at radius 2 is 1.42 bits per heavy atom. The lowest BCUT2D eigenvalue weighted by Gasteiger charge is -2.64. The maximum absolute atomic E-state index is 12.9. The number of allylic oxidation sites excluding steroid dienone is 1. The van der Waals surface area contributed by atoms with Crippen LogP contribution in [0.15, 0.2) is 11.8 Å². The van der Waals surface area contributed by atoms with E-state index < -0.39 is 0 Å². The molecule has 2 nitrogen and oxygen atoms in total. The molecule has 0 aromatic rings. The molecule has 19 heavy (non-hydrogen) atoms. The highest BCUT2D eigenvalue weighted by atomic mass is 16.2. The first kappa shape index (κ1) is 12.0. The van der Waals surface area contributed by atoms with Crippen molar-refractivity contribution in [3.63, 3.8) is 0 Å². The topological polar surface area (TPSA) is 37.3 Å². The van der Waals surface area contributed by atoms with Crippen molar-refractivity contribution >= 4 is 5.78 Å². The summed E-state index contributed by atoms with van der Waals surface area (Å²) in [6.07, 6.45) is 6.62. The number of fused-ring (bicyclic) bond motifs is 2. The Bertz CT molecular complexity index is 549. The van der Waals surface area contributed by atoms with Crippen LogP contribution < -0.4 is 0 Å². The molecule has 0 aromatic carbocycles. The molecule has 4 fully saturated rings. The van der Waals surface area contributed by atoms with Gasteiger partial charge in [-0.2, -0.15) is 0 Å². The van der Waals surface area contributed by atoms with Crippen LogP contribution in [0, 0.1) is 27.1 Å². The Morgan fingerprint density at radius 3 is 2.00 bits per heavy atom. The quantitative estimate of drug-likeness (QED) is 0.527. The van der Waals surface area contributed by atoms with Crippen LogP contribution in [-0.4, -0.2) is 10.9 Å². The van der Waals surface area contributed by atoms with Crippen LogP contribution in [0.5, 0.6) is 0 Å². The van der Waals surface area contributed by atoms with E-state index in [-0.39, 0.29) is 16.6 Å². The number of Topliss-reactive ketones (excluding diaryl/α,β-unsaturated/α-hetero) is 1. The van der Waals surface area contributed by atoms with Gasteiger partial charge in [0.05, 0.1) is 6.26 Å². The molecule has 0 amide bonds. The molecular formula is C17H24O2. The number of aliphatic hydroxyl groups is 1. The lowest BCUT2D eigenvalue weighted by molar-refractivity contribution is -0.157. The van der Waals surface area contributed by atoms with Crippen LogP contribution >= 0.6 is 0 Å². The van der Waals surface area contributed by atoms with E-state index in [0.717, 1.165) is 31.9 Å². The summed E-state index contributed by atoms with van der Waals surface area (Å²) in [6.45, 7) is 9.18. The highest BCUT2D eigenvalue weighted by Crippen LogP contribution is 2.88. The van der Waals surface area contributed by atoms with Crippen molar-refractivity contribution in [3.8, 4) is 0 Å². The summed E-state index contributed by atoms with van der Waals surface area (Å²) >= 11 is 0. The normalized spacial score (nSPS) is 64.2. The van der Waals surface area contributed by atoms with Crippen molar-refractivity contribution in [1.29, 1.82) is 0 Å². The molecule has 4 aliphatic rings. The maximum atomic E-state index is 12.9. The summed E-state index contributed by atoms with van der Waals surface area (Å²) in [5.41, 5.74) is 1.44. The van der Waals surface area contributed by atoms with Gasteiger partial charge in [-0.1, -0.05) is 27.7 Å². The molecule has 5 atom stereocenters. The van der Waals surface area contributed by atoms with E-state index in [2.05, 4.69) is 27.7 Å². The summed E-state index contributed by atoms with van der Waals surface area (Å²) in [5, 5.41) is 9.68. The Morgan fingerprint density at radius 1 is 0.895 bits per heavy atom. The molecule has 4 rings (SSSR count). The molecule has 5 unspecified atom stereocenters. The monoisotopic (exact) mass is 260 g/mol. The van der Waals surface area contributed by atoms with Gasteiger partial charge in [-0.3, -0.25) is 4.79 Å². The van der Waals surface area contributed by atoms with E-state index in [1.807, 2.05) is 0 Å². The van der Waals surface area contributed by atoms with E-state index >= 15 is 0 Å². The lowest BCUT2D eigenvalue weighted by Crippen LogP contribution is -2.57. The smallest absolute Gasteiger partial charge is 0.168 e. The van der Waals surface area contributed by atoms with Crippen molar-refractivity contribution in [2.75, 3.05) is 0 Å². The molecule has 0 heterocycles. The number of aliphatic hydroxyl groups excluding tert-OH is 1. The van der Waals surface area contributed by atoms with E-state index in [0.29, 0.717) is 21.8 Å². The first-order valence-electron chi connectivity index (χ1n) is 7.54. The van der Waals surface area contributed by atoms with Gasteiger partial charge in [0.2, 0.25) is 0 Å². The highest BCUT2D eigenvalue weighted by molar-refractivity contribution is 6.02. The van der Waals surface area contributed by atoms with Crippen molar-refractivity contribution in [3.05, 3.63) is 11.8 Å². The maximum Gasteiger partial charge on any atom is 0.168 e. The Labute approximate surface area is 115 Å². The summed E-state index contributed by atoms with van der Waals surface area (Å²) in [5.74, 6) is 0.229. The predicted molar refractivity (Wildman–Crippen MR) is 73.7 cm³/mol. The third kappa shape index (κ3) is 0.936. The summed E-state index contributed by atoms with van der Waals surface area (Å²) in [6, 6.07) is 0. The zero-order valence-electron chi connectivity index (χ0n) is 12.5. The molecule has 3 bridgehead atoms. The second-order valence-electron chi connectivity index (χ2n) is 9.08. The fourth-order valence-corrected chi connectivity index (χ4v) is 7.54. The standard InChI is InChI=1S/C17H24O2/c1-13-6-15(3)10-16(4)7-14(2,9-17(15,16)8-13)12(19)11(13)5-18/h5,18H,6-10H2,1-4H3/b11-5-. The molecule has 0 aliphatic heterocycles. The molecule has 0 aromatic heterocycles. The SMILES string of the molecule is CC12CC3(C)CC4(C)CC(C)(CC34C1)/C(=C\O)C2=O. The van der Waals surface area contributed by atoms with Gasteiger partial charge in [-0.15, -0.1) is 0 Å². The third-order valence-electron chi connectivity index (χ3n) is 7.61. The molecule has 0 saturated heterocycles. The number of hydrogen-bond donors (Lipinski definition) is 1. The molecule has 104 valence electrons. The predicted octanol–water partition coefficient (Wildman–Crippen LogP) is 4.01. The summed E-state index contributed by atoms with van der Waals surface area (Å²) < 4.78 is 0. The summed E-state index contributed by atoms with van der Waals surface area (Å²) in [4.78, 5) is 12.9. The number of rotatable bonds is 0. The van der Waals surface area contributed by atoms with Gasteiger partial charge in [-0.05, 0) is 48.3 Å². The number of carbonyl (C=O) groups excluding carboxylic acids is 1. The largest absolute Gasteiger partial charge is 0.515 e. The van der Waals surface area contributed by atoms with Gasteiger partial charge in [0.1, 0.15) is 0 Å². The Hall–Kier alpha value is -0.790.